The van der Waals surface area contributed by atoms with Crippen molar-refractivity contribution in [2.45, 2.75) is 37.2 Å². The molecule has 0 bridgehead atoms. The van der Waals surface area contributed by atoms with Crippen LogP contribution in [0.25, 0.3) is 0 Å². The summed E-state index contributed by atoms with van der Waals surface area (Å²) in [5.74, 6) is 0. The lowest BCUT2D eigenvalue weighted by molar-refractivity contribution is -0.195. The number of aliphatic hydroxyl groups is 1. The number of H-pyrrole nitrogens is 1. The largest absolute Gasteiger partial charge is 0.386 e. The molecule has 0 unspecified atom stereocenters. The first-order valence-corrected chi connectivity index (χ1v) is 10.6. The number of rotatable bonds is 6. The second-order valence-corrected chi connectivity index (χ2v) is 8.43. The van der Waals surface area contributed by atoms with Gasteiger partial charge in [-0.15, -0.1) is 0 Å². The minimum atomic E-state index is -1.07. The molecule has 2 N–H and O–H groups in total. The van der Waals surface area contributed by atoms with Gasteiger partial charge in [0, 0.05) is 31.9 Å². The summed E-state index contributed by atoms with van der Waals surface area (Å²) in [6.07, 6.45) is -1.29. The zero-order valence-corrected chi connectivity index (χ0v) is 17.5. The molecule has 2 aromatic carbocycles. The number of hydrogen-bond acceptors (Lipinski definition) is 6. The van der Waals surface area contributed by atoms with Gasteiger partial charge in [-0.25, -0.2) is 4.79 Å². The quantitative estimate of drug-likeness (QED) is 0.605. The smallest absolute Gasteiger partial charge is 0.330 e. The molecule has 0 radical (unpaired) electrons. The Balaban J connectivity index is 1.37. The van der Waals surface area contributed by atoms with Crippen molar-refractivity contribution in [3.63, 3.8) is 0 Å². The molecule has 5 rings (SSSR count). The molecule has 3 atom stereocenters. The highest BCUT2D eigenvalue weighted by Gasteiger charge is 2.61. The van der Waals surface area contributed by atoms with Crippen molar-refractivity contribution in [2.24, 2.45) is 0 Å². The van der Waals surface area contributed by atoms with Crippen LogP contribution in [0.15, 0.2) is 82.5 Å². The highest BCUT2D eigenvalue weighted by Crippen LogP contribution is 2.44. The van der Waals surface area contributed by atoms with E-state index in [2.05, 4.69) is 22.0 Å². The Morgan fingerprint density at radius 2 is 1.66 bits per heavy atom. The van der Waals surface area contributed by atoms with Crippen molar-refractivity contribution < 1.29 is 14.6 Å². The standard InChI is InChI=1S/C24H25N3O5/c28-19-11-12-27(23(30)25-19)22-20(29)21(31-14-18-9-5-2-6-10-18)24(32-22)15-26(16-24)13-17-7-3-1-4-8-17/h1-12,20-22,29H,13-16H2,(H,25,28,30)/t20-,21-,22-/m1/s1. The predicted octanol–water partition coefficient (Wildman–Crippen LogP) is 1.27. The summed E-state index contributed by atoms with van der Waals surface area (Å²) in [5.41, 5.74) is 0.309. The Hall–Kier alpha value is -3.04. The van der Waals surface area contributed by atoms with Crippen molar-refractivity contribution >= 4 is 0 Å². The molecule has 32 heavy (non-hydrogen) atoms. The number of ether oxygens (including phenoxy) is 2. The van der Waals surface area contributed by atoms with Crippen LogP contribution in [0.4, 0.5) is 0 Å². The summed E-state index contributed by atoms with van der Waals surface area (Å²) in [7, 11) is 0. The van der Waals surface area contributed by atoms with Gasteiger partial charge in [0.2, 0.25) is 0 Å². The average Bonchev–Trinajstić information content (AvgIpc) is 3.06. The number of nitrogens with zero attached hydrogens (tertiary/aromatic N) is 2. The summed E-state index contributed by atoms with van der Waals surface area (Å²) < 4.78 is 13.7. The molecule has 0 amide bonds. The highest BCUT2D eigenvalue weighted by molar-refractivity contribution is 5.18. The Labute approximate surface area is 184 Å². The van der Waals surface area contributed by atoms with Crippen LogP contribution in [0.1, 0.15) is 17.4 Å². The van der Waals surface area contributed by atoms with Crippen LogP contribution in [0, 0.1) is 0 Å². The number of aromatic nitrogens is 2. The minimum absolute atomic E-state index is 0.319. The molecule has 3 heterocycles. The van der Waals surface area contributed by atoms with E-state index in [4.69, 9.17) is 9.47 Å². The van der Waals surface area contributed by atoms with Crippen molar-refractivity contribution in [1.82, 2.24) is 14.5 Å². The van der Waals surface area contributed by atoms with Gasteiger partial charge in [0.15, 0.2) is 6.23 Å². The van der Waals surface area contributed by atoms with Gasteiger partial charge in [-0.2, -0.15) is 0 Å². The lowest BCUT2D eigenvalue weighted by Gasteiger charge is -2.50. The van der Waals surface area contributed by atoms with Gasteiger partial charge >= 0.3 is 5.69 Å². The lowest BCUT2D eigenvalue weighted by atomic mass is 9.86. The van der Waals surface area contributed by atoms with Crippen LogP contribution in [0.2, 0.25) is 0 Å². The van der Waals surface area contributed by atoms with E-state index in [1.54, 1.807) is 0 Å². The van der Waals surface area contributed by atoms with Crippen molar-refractivity contribution in [2.75, 3.05) is 13.1 Å². The molecule has 0 aliphatic carbocycles. The van der Waals surface area contributed by atoms with Gasteiger partial charge in [-0.1, -0.05) is 60.7 Å². The number of likely N-dealkylation sites (tertiary alicyclic amines) is 1. The van der Waals surface area contributed by atoms with Gasteiger partial charge < -0.3 is 14.6 Å². The number of aromatic amines is 1. The van der Waals surface area contributed by atoms with Crippen LogP contribution < -0.4 is 11.2 Å². The van der Waals surface area contributed by atoms with Gasteiger partial charge in [-0.3, -0.25) is 19.2 Å². The predicted molar refractivity (Wildman–Crippen MR) is 117 cm³/mol. The second kappa shape index (κ2) is 8.48. The SMILES string of the molecule is O=c1ccn([C@@H]2OC3(CN(Cc4ccccc4)C3)[C@H](OCc3ccccc3)[C@H]2O)c(=O)[nH]1. The molecule has 1 spiro atoms. The average molecular weight is 435 g/mol. The first-order valence-electron chi connectivity index (χ1n) is 10.6. The molecule has 2 fully saturated rings. The highest BCUT2D eigenvalue weighted by atomic mass is 16.6. The van der Waals surface area contributed by atoms with E-state index in [-0.39, 0.29) is 0 Å². The Bertz CT molecular complexity index is 1170. The molecule has 2 aliphatic heterocycles. The fourth-order valence-corrected chi connectivity index (χ4v) is 4.62. The van der Waals surface area contributed by atoms with Gasteiger partial charge in [0.25, 0.3) is 5.56 Å². The van der Waals surface area contributed by atoms with E-state index < -0.39 is 35.3 Å². The lowest BCUT2D eigenvalue weighted by Crippen LogP contribution is -2.67. The van der Waals surface area contributed by atoms with Crippen molar-refractivity contribution in [1.29, 1.82) is 0 Å². The summed E-state index contributed by atoms with van der Waals surface area (Å²) >= 11 is 0. The third-order valence-electron chi connectivity index (χ3n) is 6.11. The maximum Gasteiger partial charge on any atom is 0.330 e. The van der Waals surface area contributed by atoms with Gasteiger partial charge in [0.1, 0.15) is 17.8 Å². The van der Waals surface area contributed by atoms with Gasteiger partial charge in [-0.05, 0) is 11.1 Å². The molecule has 8 heteroatoms. The molecule has 3 aromatic rings. The van der Waals surface area contributed by atoms with E-state index in [9.17, 15) is 14.7 Å². The van der Waals surface area contributed by atoms with Crippen molar-refractivity contribution in [3.05, 3.63) is 105 Å². The number of benzene rings is 2. The first kappa shape index (κ1) is 20.8. The van der Waals surface area contributed by atoms with E-state index in [0.29, 0.717) is 19.7 Å². The fourth-order valence-electron chi connectivity index (χ4n) is 4.62. The van der Waals surface area contributed by atoms with E-state index in [1.165, 1.54) is 22.4 Å². The molecule has 8 nitrogen and oxygen atoms in total. The number of nitrogens with one attached hydrogen (secondary N) is 1. The normalized spacial score (nSPS) is 24.5. The van der Waals surface area contributed by atoms with E-state index in [1.807, 2.05) is 48.5 Å². The van der Waals surface area contributed by atoms with Crippen LogP contribution in [-0.2, 0) is 22.6 Å². The zero-order chi connectivity index (χ0) is 22.1. The van der Waals surface area contributed by atoms with Crippen LogP contribution >= 0.6 is 0 Å². The molecule has 2 saturated heterocycles. The van der Waals surface area contributed by atoms with E-state index in [0.717, 1.165) is 12.1 Å². The topological polar surface area (TPSA) is 96.8 Å². The monoisotopic (exact) mass is 435 g/mol. The molecular weight excluding hydrogens is 410 g/mol. The first-order chi connectivity index (χ1) is 15.5. The molecule has 0 saturated carbocycles. The molecule has 1 aromatic heterocycles. The summed E-state index contributed by atoms with van der Waals surface area (Å²) in [6, 6.07) is 21.1. The summed E-state index contributed by atoms with van der Waals surface area (Å²) in [6.45, 7) is 2.20. The Kier molecular flexibility index (Phi) is 5.52. The summed E-state index contributed by atoms with van der Waals surface area (Å²) in [4.78, 5) is 28.3. The molecule has 166 valence electrons. The summed E-state index contributed by atoms with van der Waals surface area (Å²) in [5, 5.41) is 11.1. The maximum atomic E-state index is 12.3. The molecule has 2 aliphatic rings. The van der Waals surface area contributed by atoms with E-state index >= 15 is 0 Å². The minimum Gasteiger partial charge on any atom is -0.386 e. The van der Waals surface area contributed by atoms with Crippen LogP contribution in [0.5, 0.6) is 0 Å². The Morgan fingerprint density at radius 3 is 2.31 bits per heavy atom. The number of aliphatic hydroxyl groups excluding tert-OH is 1. The second-order valence-electron chi connectivity index (χ2n) is 8.43. The maximum absolute atomic E-state index is 12.3. The molecular formula is C24H25N3O5. The van der Waals surface area contributed by atoms with Crippen LogP contribution in [-0.4, -0.2) is 50.5 Å². The third kappa shape index (κ3) is 3.93. The van der Waals surface area contributed by atoms with Gasteiger partial charge in [0.05, 0.1) is 6.61 Å². The third-order valence-corrected chi connectivity index (χ3v) is 6.11. The number of hydrogen-bond donors (Lipinski definition) is 2. The Morgan fingerprint density at radius 1 is 1.00 bits per heavy atom. The van der Waals surface area contributed by atoms with Crippen LogP contribution in [0.3, 0.4) is 0 Å². The fraction of sp³-hybridized carbons (Fsp3) is 0.333. The zero-order valence-electron chi connectivity index (χ0n) is 17.5. The van der Waals surface area contributed by atoms with Crippen molar-refractivity contribution in [3.8, 4) is 0 Å².